The molecule has 0 unspecified atom stereocenters. The predicted molar refractivity (Wildman–Crippen MR) is 104 cm³/mol. The minimum atomic E-state index is 0.0344. The Hall–Kier alpha value is -2.18. The van der Waals surface area contributed by atoms with Gasteiger partial charge in [-0.1, -0.05) is 18.2 Å². The first-order valence-corrected chi connectivity index (χ1v) is 9.97. The molecule has 2 aromatic heterocycles. The summed E-state index contributed by atoms with van der Waals surface area (Å²) in [5, 5.41) is 0.791. The Morgan fingerprint density at radius 2 is 2.00 bits per heavy atom. The van der Waals surface area contributed by atoms with Gasteiger partial charge in [-0.3, -0.25) is 9.78 Å². The lowest BCUT2D eigenvalue weighted by molar-refractivity contribution is 0.0990. The van der Waals surface area contributed by atoms with Crippen LogP contribution in [0.25, 0.3) is 10.7 Å². The van der Waals surface area contributed by atoms with Crippen molar-refractivity contribution in [1.82, 2.24) is 9.97 Å². The molecule has 1 amide bonds. The molecule has 1 aliphatic heterocycles. The van der Waals surface area contributed by atoms with Gasteiger partial charge in [0.05, 0.1) is 17.1 Å². The third kappa shape index (κ3) is 3.19. The number of rotatable bonds is 2. The smallest absolute Gasteiger partial charge is 0.270 e. The molecule has 0 aliphatic carbocycles. The van der Waals surface area contributed by atoms with Crippen molar-refractivity contribution in [2.45, 2.75) is 18.2 Å². The Bertz CT molecular complexity index is 908. The Balaban J connectivity index is 1.71. The summed E-state index contributed by atoms with van der Waals surface area (Å²) in [6.07, 6.45) is 2.73. The fourth-order valence-electron chi connectivity index (χ4n) is 2.85. The molecule has 0 spiro atoms. The lowest BCUT2D eigenvalue weighted by Gasteiger charge is -2.22. The Labute approximate surface area is 154 Å². The summed E-state index contributed by atoms with van der Waals surface area (Å²) in [4.78, 5) is 25.9. The Kier molecular flexibility index (Phi) is 4.55. The molecule has 25 heavy (non-hydrogen) atoms. The number of aromatic nitrogens is 2. The summed E-state index contributed by atoms with van der Waals surface area (Å²) in [6, 6.07) is 13.9. The van der Waals surface area contributed by atoms with Crippen LogP contribution in [0.5, 0.6) is 0 Å². The molecule has 0 radical (unpaired) electrons. The molecule has 0 N–H and O–H groups in total. The van der Waals surface area contributed by atoms with Crippen molar-refractivity contribution in [3.8, 4) is 10.7 Å². The van der Waals surface area contributed by atoms with E-state index in [2.05, 4.69) is 16.0 Å². The summed E-state index contributed by atoms with van der Waals surface area (Å²) in [6.45, 7) is 2.63. The molecule has 0 saturated heterocycles. The molecule has 0 atom stereocenters. The minimum absolute atomic E-state index is 0.0344. The van der Waals surface area contributed by atoms with E-state index in [4.69, 9.17) is 0 Å². The standard InChI is InChI=1S/C19H17N3OS2/c1-13-17(25-18(21-13)14-7-4-5-10-20-14)19(23)22-11-6-12-24-16-9-3-2-8-15(16)22/h2-5,7-10H,6,11-12H2,1H3. The Morgan fingerprint density at radius 3 is 2.84 bits per heavy atom. The third-order valence-electron chi connectivity index (χ3n) is 4.06. The van der Waals surface area contributed by atoms with Gasteiger partial charge in [0, 0.05) is 17.6 Å². The van der Waals surface area contributed by atoms with E-state index in [0.29, 0.717) is 4.88 Å². The van der Waals surface area contributed by atoms with Crippen molar-refractivity contribution >= 4 is 34.7 Å². The molecule has 6 heteroatoms. The quantitative estimate of drug-likeness (QED) is 0.661. The number of anilines is 1. The number of carbonyl (C=O) groups excluding carboxylic acids is 1. The maximum atomic E-state index is 13.2. The molecule has 0 bridgehead atoms. The van der Waals surface area contributed by atoms with Crippen LogP contribution in [0, 0.1) is 6.92 Å². The van der Waals surface area contributed by atoms with Gasteiger partial charge < -0.3 is 4.90 Å². The lowest BCUT2D eigenvalue weighted by atomic mass is 10.2. The number of amides is 1. The van der Waals surface area contributed by atoms with Crippen LogP contribution < -0.4 is 4.90 Å². The van der Waals surface area contributed by atoms with Crippen molar-refractivity contribution in [1.29, 1.82) is 0 Å². The molecule has 4 nitrogen and oxygen atoms in total. The molecule has 1 aliphatic rings. The Morgan fingerprint density at radius 1 is 1.16 bits per heavy atom. The highest BCUT2D eigenvalue weighted by Gasteiger charge is 2.26. The maximum Gasteiger partial charge on any atom is 0.270 e. The van der Waals surface area contributed by atoms with E-state index in [-0.39, 0.29) is 5.91 Å². The monoisotopic (exact) mass is 367 g/mol. The van der Waals surface area contributed by atoms with Crippen LogP contribution in [0.1, 0.15) is 21.8 Å². The van der Waals surface area contributed by atoms with Gasteiger partial charge in [0.1, 0.15) is 9.88 Å². The van der Waals surface area contributed by atoms with Crippen LogP contribution in [-0.2, 0) is 0 Å². The first-order chi connectivity index (χ1) is 12.2. The molecule has 126 valence electrons. The highest BCUT2D eigenvalue weighted by molar-refractivity contribution is 7.99. The van der Waals surface area contributed by atoms with E-state index in [1.54, 1.807) is 6.20 Å². The van der Waals surface area contributed by atoms with Crippen LogP contribution in [0.4, 0.5) is 5.69 Å². The molecule has 3 heterocycles. The molecule has 0 saturated carbocycles. The van der Waals surface area contributed by atoms with E-state index < -0.39 is 0 Å². The topological polar surface area (TPSA) is 46.1 Å². The van der Waals surface area contributed by atoms with Gasteiger partial charge >= 0.3 is 0 Å². The zero-order valence-corrected chi connectivity index (χ0v) is 15.4. The number of carbonyl (C=O) groups is 1. The highest BCUT2D eigenvalue weighted by Crippen LogP contribution is 2.36. The highest BCUT2D eigenvalue weighted by atomic mass is 32.2. The van der Waals surface area contributed by atoms with E-state index >= 15 is 0 Å². The SMILES string of the molecule is Cc1nc(-c2ccccn2)sc1C(=O)N1CCCSc2ccccc21. The number of thioether (sulfide) groups is 1. The average molecular weight is 367 g/mol. The van der Waals surface area contributed by atoms with E-state index in [1.807, 2.05) is 60.0 Å². The van der Waals surface area contributed by atoms with Gasteiger partial charge in [0.2, 0.25) is 0 Å². The van der Waals surface area contributed by atoms with Crippen LogP contribution in [0.3, 0.4) is 0 Å². The van der Waals surface area contributed by atoms with Gasteiger partial charge in [-0.25, -0.2) is 4.98 Å². The average Bonchev–Trinajstić information content (AvgIpc) is 2.91. The first-order valence-electron chi connectivity index (χ1n) is 8.16. The van der Waals surface area contributed by atoms with Crippen LogP contribution in [0.15, 0.2) is 53.6 Å². The lowest BCUT2D eigenvalue weighted by Crippen LogP contribution is -2.31. The van der Waals surface area contributed by atoms with Crippen LogP contribution in [-0.4, -0.2) is 28.2 Å². The summed E-state index contributed by atoms with van der Waals surface area (Å²) in [5.74, 6) is 1.06. The van der Waals surface area contributed by atoms with Crippen molar-refractivity contribution < 1.29 is 4.79 Å². The molecular weight excluding hydrogens is 350 g/mol. The molecule has 4 rings (SSSR count). The summed E-state index contributed by atoms with van der Waals surface area (Å²) in [5.41, 5.74) is 2.58. The zero-order valence-electron chi connectivity index (χ0n) is 13.8. The minimum Gasteiger partial charge on any atom is -0.306 e. The summed E-state index contributed by atoms with van der Waals surface area (Å²) in [7, 11) is 0. The van der Waals surface area contributed by atoms with Crippen molar-refractivity contribution in [2.24, 2.45) is 0 Å². The largest absolute Gasteiger partial charge is 0.306 e. The fraction of sp³-hybridized carbons (Fsp3) is 0.211. The number of fused-ring (bicyclic) bond motifs is 1. The van der Waals surface area contributed by atoms with Crippen molar-refractivity contribution in [3.05, 3.63) is 59.2 Å². The van der Waals surface area contributed by atoms with Gasteiger partial charge in [0.15, 0.2) is 0 Å². The molecule has 3 aromatic rings. The number of para-hydroxylation sites is 1. The van der Waals surface area contributed by atoms with Gasteiger partial charge in [-0.15, -0.1) is 23.1 Å². The number of hydrogen-bond donors (Lipinski definition) is 0. The van der Waals surface area contributed by atoms with Crippen LogP contribution in [0.2, 0.25) is 0 Å². The van der Waals surface area contributed by atoms with Gasteiger partial charge in [-0.2, -0.15) is 0 Å². The zero-order chi connectivity index (χ0) is 17.2. The normalized spacial score (nSPS) is 14.0. The van der Waals surface area contributed by atoms with Gasteiger partial charge in [-0.05, 0) is 43.4 Å². The number of thiazole rings is 1. The fourth-order valence-corrected chi connectivity index (χ4v) is 4.84. The van der Waals surface area contributed by atoms with Crippen molar-refractivity contribution in [2.75, 3.05) is 17.2 Å². The van der Waals surface area contributed by atoms with E-state index in [1.165, 1.54) is 16.2 Å². The van der Waals surface area contributed by atoms with E-state index in [0.717, 1.165) is 40.8 Å². The first kappa shape index (κ1) is 16.3. The second-order valence-electron chi connectivity index (χ2n) is 5.78. The number of benzene rings is 1. The van der Waals surface area contributed by atoms with E-state index in [9.17, 15) is 4.79 Å². The van der Waals surface area contributed by atoms with Crippen molar-refractivity contribution in [3.63, 3.8) is 0 Å². The predicted octanol–water partition coefficient (Wildman–Crippen LogP) is 4.66. The second-order valence-corrected chi connectivity index (χ2v) is 7.91. The number of pyridine rings is 1. The molecule has 0 fully saturated rings. The maximum absolute atomic E-state index is 13.2. The number of nitrogens with zero attached hydrogens (tertiary/aromatic N) is 3. The second kappa shape index (κ2) is 6.98. The number of hydrogen-bond acceptors (Lipinski definition) is 5. The number of aryl methyl sites for hydroxylation is 1. The van der Waals surface area contributed by atoms with Gasteiger partial charge in [0.25, 0.3) is 5.91 Å². The molecule has 1 aromatic carbocycles. The third-order valence-corrected chi connectivity index (χ3v) is 6.38. The summed E-state index contributed by atoms with van der Waals surface area (Å²) >= 11 is 3.24. The summed E-state index contributed by atoms with van der Waals surface area (Å²) < 4.78 is 0. The molecular formula is C19H17N3OS2. The van der Waals surface area contributed by atoms with Crippen LogP contribution >= 0.6 is 23.1 Å².